The van der Waals surface area contributed by atoms with Crippen molar-refractivity contribution in [1.82, 2.24) is 14.9 Å². The summed E-state index contributed by atoms with van der Waals surface area (Å²) in [5.41, 5.74) is 8.36. The van der Waals surface area contributed by atoms with Gasteiger partial charge >= 0.3 is 0 Å². The Morgan fingerprint density at radius 3 is 2.94 bits per heavy atom. The van der Waals surface area contributed by atoms with Crippen LogP contribution in [0.25, 0.3) is 11.0 Å². The quantitative estimate of drug-likeness (QED) is 0.700. The SMILES string of the molecule is CC(CN(C)C)Nc1nc2ccc(N)cc2[nH]1. The fourth-order valence-corrected chi connectivity index (χ4v) is 1.92. The molecular weight excluding hydrogens is 214 g/mol. The molecule has 2 aromatic rings. The molecule has 5 nitrogen and oxygen atoms in total. The highest BCUT2D eigenvalue weighted by Crippen LogP contribution is 2.17. The average molecular weight is 233 g/mol. The van der Waals surface area contributed by atoms with Crippen LogP contribution in [-0.4, -0.2) is 41.5 Å². The van der Waals surface area contributed by atoms with Crippen molar-refractivity contribution in [2.45, 2.75) is 13.0 Å². The molecule has 1 atom stereocenters. The van der Waals surface area contributed by atoms with Crippen LogP contribution in [-0.2, 0) is 0 Å². The van der Waals surface area contributed by atoms with Gasteiger partial charge in [0, 0.05) is 18.3 Å². The first-order chi connectivity index (χ1) is 8.04. The Morgan fingerprint density at radius 2 is 2.24 bits per heavy atom. The second-order valence-corrected chi connectivity index (χ2v) is 4.67. The van der Waals surface area contributed by atoms with Gasteiger partial charge in [0.15, 0.2) is 0 Å². The highest BCUT2D eigenvalue weighted by molar-refractivity contribution is 5.80. The lowest BCUT2D eigenvalue weighted by Gasteiger charge is -2.17. The molecule has 0 radical (unpaired) electrons. The van der Waals surface area contributed by atoms with Crippen molar-refractivity contribution < 1.29 is 0 Å². The zero-order valence-electron chi connectivity index (χ0n) is 10.5. The van der Waals surface area contributed by atoms with Gasteiger partial charge in [-0.25, -0.2) is 4.98 Å². The summed E-state index contributed by atoms with van der Waals surface area (Å²) in [5.74, 6) is 0.792. The highest BCUT2D eigenvalue weighted by Gasteiger charge is 2.07. The van der Waals surface area contributed by atoms with E-state index in [2.05, 4.69) is 41.2 Å². The minimum absolute atomic E-state index is 0.336. The summed E-state index contributed by atoms with van der Waals surface area (Å²) in [6.45, 7) is 3.08. The maximum Gasteiger partial charge on any atom is 0.201 e. The van der Waals surface area contributed by atoms with Crippen LogP contribution in [0.3, 0.4) is 0 Å². The van der Waals surface area contributed by atoms with Gasteiger partial charge < -0.3 is 20.9 Å². The maximum absolute atomic E-state index is 5.73. The zero-order chi connectivity index (χ0) is 12.4. The number of fused-ring (bicyclic) bond motifs is 1. The lowest BCUT2D eigenvalue weighted by atomic mass is 10.3. The molecule has 0 aliphatic heterocycles. The van der Waals surface area contributed by atoms with E-state index in [1.807, 2.05) is 18.2 Å². The third kappa shape index (κ3) is 2.88. The molecular formula is C12H19N5. The largest absolute Gasteiger partial charge is 0.399 e. The Morgan fingerprint density at radius 1 is 1.47 bits per heavy atom. The highest BCUT2D eigenvalue weighted by atomic mass is 15.2. The predicted octanol–water partition coefficient (Wildman–Crippen LogP) is 1.51. The van der Waals surface area contributed by atoms with E-state index in [1.54, 1.807) is 0 Å². The van der Waals surface area contributed by atoms with Gasteiger partial charge in [-0.05, 0) is 39.2 Å². The van der Waals surface area contributed by atoms with Gasteiger partial charge in [-0.15, -0.1) is 0 Å². The molecule has 1 aromatic carbocycles. The van der Waals surface area contributed by atoms with Crippen LogP contribution in [0, 0.1) is 0 Å². The number of aromatic nitrogens is 2. The van der Waals surface area contributed by atoms with Crippen molar-refractivity contribution in [3.63, 3.8) is 0 Å². The molecule has 1 aromatic heterocycles. The lowest BCUT2D eigenvalue weighted by molar-refractivity contribution is 0.391. The molecule has 4 N–H and O–H groups in total. The van der Waals surface area contributed by atoms with Crippen molar-refractivity contribution >= 4 is 22.7 Å². The number of nitrogens with one attached hydrogen (secondary N) is 2. The number of nitrogens with zero attached hydrogens (tertiary/aromatic N) is 2. The Balaban J connectivity index is 2.14. The summed E-state index contributed by atoms with van der Waals surface area (Å²) < 4.78 is 0. The van der Waals surface area contributed by atoms with Crippen LogP contribution in [0.2, 0.25) is 0 Å². The average Bonchev–Trinajstić information content (AvgIpc) is 2.57. The third-order valence-electron chi connectivity index (χ3n) is 2.53. The Hall–Kier alpha value is -1.75. The topological polar surface area (TPSA) is 70.0 Å². The van der Waals surface area contributed by atoms with Crippen LogP contribution in [0.5, 0.6) is 0 Å². The molecule has 1 heterocycles. The fourth-order valence-electron chi connectivity index (χ4n) is 1.92. The van der Waals surface area contributed by atoms with Gasteiger partial charge in [-0.2, -0.15) is 0 Å². The number of aromatic amines is 1. The molecule has 17 heavy (non-hydrogen) atoms. The van der Waals surface area contributed by atoms with E-state index in [0.29, 0.717) is 6.04 Å². The van der Waals surface area contributed by atoms with Crippen molar-refractivity contribution in [3.8, 4) is 0 Å². The Labute approximate surface area is 101 Å². The van der Waals surface area contributed by atoms with Gasteiger partial charge in [-0.3, -0.25) is 0 Å². The molecule has 2 rings (SSSR count). The third-order valence-corrected chi connectivity index (χ3v) is 2.53. The molecule has 0 saturated heterocycles. The van der Waals surface area contributed by atoms with Crippen molar-refractivity contribution in [2.24, 2.45) is 0 Å². The van der Waals surface area contributed by atoms with Crippen LogP contribution in [0.4, 0.5) is 11.6 Å². The zero-order valence-corrected chi connectivity index (χ0v) is 10.5. The predicted molar refractivity (Wildman–Crippen MR) is 72.1 cm³/mol. The number of hydrogen-bond acceptors (Lipinski definition) is 4. The van der Waals surface area contributed by atoms with Gasteiger partial charge in [0.05, 0.1) is 11.0 Å². The van der Waals surface area contributed by atoms with E-state index in [1.165, 1.54) is 0 Å². The summed E-state index contributed by atoms with van der Waals surface area (Å²) in [7, 11) is 4.11. The summed E-state index contributed by atoms with van der Waals surface area (Å²) >= 11 is 0. The minimum Gasteiger partial charge on any atom is -0.399 e. The molecule has 0 spiro atoms. The smallest absolute Gasteiger partial charge is 0.201 e. The van der Waals surface area contributed by atoms with E-state index < -0.39 is 0 Å². The van der Waals surface area contributed by atoms with E-state index in [9.17, 15) is 0 Å². The number of anilines is 2. The second-order valence-electron chi connectivity index (χ2n) is 4.67. The Bertz CT molecular complexity index is 503. The number of benzene rings is 1. The first-order valence-corrected chi connectivity index (χ1v) is 5.71. The number of likely N-dealkylation sites (N-methyl/N-ethyl adjacent to an activating group) is 1. The van der Waals surface area contributed by atoms with Crippen molar-refractivity contribution in [3.05, 3.63) is 18.2 Å². The van der Waals surface area contributed by atoms with Crippen LogP contribution in [0.15, 0.2) is 18.2 Å². The molecule has 0 amide bonds. The maximum atomic E-state index is 5.73. The number of imidazole rings is 1. The van der Waals surface area contributed by atoms with E-state index in [-0.39, 0.29) is 0 Å². The number of H-pyrrole nitrogens is 1. The lowest BCUT2D eigenvalue weighted by Crippen LogP contribution is -2.29. The summed E-state index contributed by atoms with van der Waals surface area (Å²) in [6.07, 6.45) is 0. The van der Waals surface area contributed by atoms with Crippen LogP contribution < -0.4 is 11.1 Å². The summed E-state index contributed by atoms with van der Waals surface area (Å²) in [5, 5.41) is 3.33. The van der Waals surface area contributed by atoms with E-state index in [0.717, 1.165) is 29.2 Å². The molecule has 0 saturated carbocycles. The Kier molecular flexibility index (Phi) is 3.19. The molecule has 0 fully saturated rings. The number of nitrogens with two attached hydrogens (primary N) is 1. The number of rotatable bonds is 4. The minimum atomic E-state index is 0.336. The first-order valence-electron chi connectivity index (χ1n) is 5.71. The summed E-state index contributed by atoms with van der Waals surface area (Å²) in [4.78, 5) is 9.82. The van der Waals surface area contributed by atoms with Gasteiger partial charge in [0.1, 0.15) is 0 Å². The number of nitrogen functional groups attached to an aromatic ring is 1. The standard InChI is InChI=1S/C12H19N5/c1-8(7-17(2)3)14-12-15-10-5-4-9(13)6-11(10)16-12/h4-6,8H,7,13H2,1-3H3,(H2,14,15,16). The van der Waals surface area contributed by atoms with E-state index in [4.69, 9.17) is 5.73 Å². The van der Waals surface area contributed by atoms with Crippen LogP contribution >= 0.6 is 0 Å². The molecule has 1 unspecified atom stereocenters. The normalized spacial score (nSPS) is 13.2. The fraction of sp³-hybridized carbons (Fsp3) is 0.417. The monoisotopic (exact) mass is 233 g/mol. The van der Waals surface area contributed by atoms with Gasteiger partial charge in [-0.1, -0.05) is 0 Å². The van der Waals surface area contributed by atoms with Gasteiger partial charge in [0.2, 0.25) is 5.95 Å². The number of hydrogen-bond donors (Lipinski definition) is 3. The summed E-state index contributed by atoms with van der Waals surface area (Å²) in [6, 6.07) is 6.01. The molecule has 5 heteroatoms. The molecule has 0 aliphatic rings. The van der Waals surface area contributed by atoms with Crippen molar-refractivity contribution in [1.29, 1.82) is 0 Å². The molecule has 0 bridgehead atoms. The van der Waals surface area contributed by atoms with Gasteiger partial charge in [0.25, 0.3) is 0 Å². The molecule has 0 aliphatic carbocycles. The second kappa shape index (κ2) is 4.63. The van der Waals surface area contributed by atoms with Crippen LogP contribution in [0.1, 0.15) is 6.92 Å². The first kappa shape index (κ1) is 11.7. The van der Waals surface area contributed by atoms with Crippen molar-refractivity contribution in [2.75, 3.05) is 31.7 Å². The van der Waals surface area contributed by atoms with E-state index >= 15 is 0 Å². The molecule has 92 valence electrons.